The summed E-state index contributed by atoms with van der Waals surface area (Å²) in [6, 6.07) is 14.1. The third-order valence-electron chi connectivity index (χ3n) is 3.60. The fourth-order valence-corrected chi connectivity index (χ4v) is 2.45. The van der Waals surface area contributed by atoms with E-state index in [1.54, 1.807) is 43.5 Å². The number of rotatable bonds is 7. The van der Waals surface area contributed by atoms with Gasteiger partial charge in [-0.1, -0.05) is 35.9 Å². The first-order valence-electron chi connectivity index (χ1n) is 7.81. The van der Waals surface area contributed by atoms with Crippen molar-refractivity contribution in [1.82, 2.24) is 5.32 Å². The van der Waals surface area contributed by atoms with Gasteiger partial charge in [-0.05, 0) is 42.3 Å². The van der Waals surface area contributed by atoms with Gasteiger partial charge < -0.3 is 14.8 Å². The molecule has 0 fully saturated rings. The van der Waals surface area contributed by atoms with Gasteiger partial charge >= 0.3 is 5.97 Å². The molecule has 0 aliphatic carbocycles. The molecule has 1 atom stereocenters. The number of amides is 1. The molecule has 25 heavy (non-hydrogen) atoms. The minimum atomic E-state index is -0.462. The first-order chi connectivity index (χ1) is 12.0. The first-order valence-corrected chi connectivity index (χ1v) is 8.19. The number of nitrogens with one attached hydrogen (secondary N) is 1. The molecule has 0 radical (unpaired) electrons. The van der Waals surface area contributed by atoms with Gasteiger partial charge in [-0.3, -0.25) is 9.59 Å². The Kier molecular flexibility index (Phi) is 6.83. The van der Waals surface area contributed by atoms with Crippen LogP contribution in [0.15, 0.2) is 48.5 Å². The van der Waals surface area contributed by atoms with E-state index in [4.69, 9.17) is 21.1 Å². The van der Waals surface area contributed by atoms with Gasteiger partial charge in [0.25, 0.3) is 5.91 Å². The fourth-order valence-electron chi connectivity index (χ4n) is 2.25. The van der Waals surface area contributed by atoms with Crippen LogP contribution in [0.25, 0.3) is 0 Å². The highest BCUT2D eigenvalue weighted by Gasteiger charge is 2.12. The van der Waals surface area contributed by atoms with Crippen molar-refractivity contribution in [1.29, 1.82) is 0 Å². The predicted molar refractivity (Wildman–Crippen MR) is 95.7 cm³/mol. The lowest BCUT2D eigenvalue weighted by molar-refractivity contribution is -0.148. The van der Waals surface area contributed by atoms with Crippen LogP contribution in [0.2, 0.25) is 5.02 Å². The average Bonchev–Trinajstić information content (AvgIpc) is 2.60. The molecule has 1 amide bonds. The largest absolute Gasteiger partial charge is 0.497 e. The monoisotopic (exact) mass is 361 g/mol. The Balaban J connectivity index is 1.77. The van der Waals surface area contributed by atoms with Gasteiger partial charge in [-0.15, -0.1) is 0 Å². The zero-order valence-electron chi connectivity index (χ0n) is 14.1. The number of hydrogen-bond acceptors (Lipinski definition) is 4. The SMILES string of the molecule is COc1ccc(CC(=O)OCC(=O)N[C@H](C)c2cccc(Cl)c2)cc1. The van der Waals surface area contributed by atoms with Crippen molar-refractivity contribution in [3.63, 3.8) is 0 Å². The molecule has 0 unspecified atom stereocenters. The Bertz CT molecular complexity index is 730. The standard InChI is InChI=1S/C19H20ClNO4/c1-13(15-4-3-5-16(20)11-15)21-18(22)12-25-19(23)10-14-6-8-17(24-2)9-7-14/h3-9,11,13H,10,12H2,1-2H3,(H,21,22)/t13-/m1/s1. The topological polar surface area (TPSA) is 64.6 Å². The molecular formula is C19H20ClNO4. The van der Waals surface area contributed by atoms with E-state index in [1.807, 2.05) is 19.1 Å². The molecule has 6 heteroatoms. The van der Waals surface area contributed by atoms with Crippen LogP contribution in [0, 0.1) is 0 Å². The summed E-state index contributed by atoms with van der Waals surface area (Å²) in [5.41, 5.74) is 1.67. The van der Waals surface area contributed by atoms with Crippen molar-refractivity contribution in [3.8, 4) is 5.75 Å². The minimum absolute atomic E-state index is 0.0983. The summed E-state index contributed by atoms with van der Waals surface area (Å²) in [6.45, 7) is 1.52. The van der Waals surface area contributed by atoms with Crippen LogP contribution >= 0.6 is 11.6 Å². The quantitative estimate of drug-likeness (QED) is 0.768. The lowest BCUT2D eigenvalue weighted by Gasteiger charge is -2.14. The van der Waals surface area contributed by atoms with E-state index in [9.17, 15) is 9.59 Å². The normalized spacial score (nSPS) is 11.5. The van der Waals surface area contributed by atoms with E-state index < -0.39 is 5.97 Å². The second kappa shape index (κ2) is 9.08. The second-order valence-electron chi connectivity index (χ2n) is 5.53. The number of hydrogen-bond donors (Lipinski definition) is 1. The van der Waals surface area contributed by atoms with Crippen molar-refractivity contribution in [2.75, 3.05) is 13.7 Å². The molecule has 0 bridgehead atoms. The number of ether oxygens (including phenoxy) is 2. The van der Waals surface area contributed by atoms with Crippen LogP contribution in [0.3, 0.4) is 0 Å². The van der Waals surface area contributed by atoms with E-state index in [-0.39, 0.29) is 25.0 Å². The summed E-state index contributed by atoms with van der Waals surface area (Å²) in [4.78, 5) is 23.7. The molecule has 2 rings (SSSR count). The van der Waals surface area contributed by atoms with Crippen molar-refractivity contribution >= 4 is 23.5 Å². The number of halogens is 1. The molecule has 2 aromatic carbocycles. The molecule has 0 aromatic heterocycles. The van der Waals surface area contributed by atoms with Gasteiger partial charge in [0.15, 0.2) is 6.61 Å². The highest BCUT2D eigenvalue weighted by Crippen LogP contribution is 2.17. The van der Waals surface area contributed by atoms with Crippen molar-refractivity contribution in [2.24, 2.45) is 0 Å². The summed E-state index contributed by atoms with van der Waals surface area (Å²) in [5, 5.41) is 3.37. The molecule has 0 spiro atoms. The number of esters is 1. The van der Waals surface area contributed by atoms with Gasteiger partial charge in [0.05, 0.1) is 19.6 Å². The van der Waals surface area contributed by atoms with Crippen molar-refractivity contribution in [2.45, 2.75) is 19.4 Å². The summed E-state index contributed by atoms with van der Waals surface area (Å²) in [5.74, 6) is -0.113. The third-order valence-corrected chi connectivity index (χ3v) is 3.83. The molecule has 0 aliphatic heterocycles. The third kappa shape index (κ3) is 6.12. The maximum absolute atomic E-state index is 11.9. The lowest BCUT2D eigenvalue weighted by atomic mass is 10.1. The molecule has 5 nitrogen and oxygen atoms in total. The second-order valence-corrected chi connectivity index (χ2v) is 5.97. The highest BCUT2D eigenvalue weighted by molar-refractivity contribution is 6.30. The fraction of sp³-hybridized carbons (Fsp3) is 0.263. The first kappa shape index (κ1) is 18.8. The highest BCUT2D eigenvalue weighted by atomic mass is 35.5. The Labute approximate surface area is 151 Å². The van der Waals surface area contributed by atoms with Gasteiger partial charge in [-0.2, -0.15) is 0 Å². The minimum Gasteiger partial charge on any atom is -0.497 e. The summed E-state index contributed by atoms with van der Waals surface area (Å²) >= 11 is 5.93. The van der Waals surface area contributed by atoms with Crippen LogP contribution in [0.1, 0.15) is 24.1 Å². The van der Waals surface area contributed by atoms with Crippen LogP contribution in [0.4, 0.5) is 0 Å². The molecule has 0 saturated heterocycles. The van der Waals surface area contributed by atoms with Crippen LogP contribution < -0.4 is 10.1 Å². The number of benzene rings is 2. The Hall–Kier alpha value is -2.53. The smallest absolute Gasteiger partial charge is 0.310 e. The predicted octanol–water partition coefficient (Wildman–Crippen LogP) is 3.31. The van der Waals surface area contributed by atoms with Crippen molar-refractivity contribution < 1.29 is 19.1 Å². The maximum Gasteiger partial charge on any atom is 0.310 e. The molecular weight excluding hydrogens is 342 g/mol. The van der Waals surface area contributed by atoms with Gasteiger partial charge in [0.2, 0.25) is 0 Å². The van der Waals surface area contributed by atoms with Gasteiger partial charge in [-0.25, -0.2) is 0 Å². The van der Waals surface area contributed by atoms with Gasteiger partial charge in [0.1, 0.15) is 5.75 Å². The molecule has 0 saturated carbocycles. The Morgan fingerprint density at radius 3 is 2.52 bits per heavy atom. The van der Waals surface area contributed by atoms with Crippen LogP contribution in [0.5, 0.6) is 5.75 Å². The zero-order valence-corrected chi connectivity index (χ0v) is 14.9. The summed E-state index contributed by atoms with van der Waals surface area (Å²) in [6.07, 6.45) is 0.0983. The zero-order chi connectivity index (χ0) is 18.2. The van der Waals surface area contributed by atoms with E-state index >= 15 is 0 Å². The van der Waals surface area contributed by atoms with Crippen LogP contribution in [-0.4, -0.2) is 25.6 Å². The van der Waals surface area contributed by atoms with Crippen LogP contribution in [-0.2, 0) is 20.7 Å². The Morgan fingerprint density at radius 1 is 1.16 bits per heavy atom. The number of methoxy groups -OCH3 is 1. The number of carbonyl (C=O) groups excluding carboxylic acids is 2. The molecule has 0 heterocycles. The average molecular weight is 362 g/mol. The van der Waals surface area contributed by atoms with Crippen molar-refractivity contribution in [3.05, 3.63) is 64.7 Å². The van der Waals surface area contributed by atoms with E-state index in [1.165, 1.54) is 0 Å². The number of carbonyl (C=O) groups is 2. The lowest BCUT2D eigenvalue weighted by Crippen LogP contribution is -2.31. The van der Waals surface area contributed by atoms with E-state index in [2.05, 4.69) is 5.32 Å². The summed E-state index contributed by atoms with van der Waals surface area (Å²) < 4.78 is 10.1. The maximum atomic E-state index is 11.9. The molecule has 132 valence electrons. The Morgan fingerprint density at radius 2 is 1.88 bits per heavy atom. The summed E-state index contributed by atoms with van der Waals surface area (Å²) in [7, 11) is 1.58. The van der Waals surface area contributed by atoms with Gasteiger partial charge in [0, 0.05) is 5.02 Å². The molecule has 0 aliphatic rings. The van der Waals surface area contributed by atoms with E-state index in [0.717, 1.165) is 11.1 Å². The van der Waals surface area contributed by atoms with E-state index in [0.29, 0.717) is 10.8 Å². The molecule has 2 aromatic rings. The molecule has 1 N–H and O–H groups in total.